The Bertz CT molecular complexity index is 1380. The molecule has 0 radical (unpaired) electrons. The third kappa shape index (κ3) is 6.57. The van der Waals surface area contributed by atoms with Gasteiger partial charge in [-0.15, -0.1) is 0 Å². The molecular formula is C22H19F3N4O8S. The molecule has 1 aromatic heterocycles. The van der Waals surface area contributed by atoms with Crippen LogP contribution in [0.1, 0.15) is 12.0 Å². The Kier molecular flexibility index (Phi) is 8.57. The lowest BCUT2D eigenvalue weighted by Crippen LogP contribution is -2.36. The summed E-state index contributed by atoms with van der Waals surface area (Å²) in [5, 5.41) is 40.4. The Balaban J connectivity index is 0.000000505. The molecule has 0 aliphatic carbocycles. The minimum absolute atomic E-state index is 0.176. The van der Waals surface area contributed by atoms with Crippen molar-refractivity contribution >= 4 is 46.2 Å². The molecule has 1 aliphatic rings. The van der Waals surface area contributed by atoms with Gasteiger partial charge in [0.2, 0.25) is 0 Å². The summed E-state index contributed by atoms with van der Waals surface area (Å²) in [6.07, 6.45) is -2.02. The van der Waals surface area contributed by atoms with Crippen LogP contribution in [0.5, 0.6) is 0 Å². The Morgan fingerprint density at radius 2 is 1.76 bits per heavy atom. The number of carboxylic acids is 2. The molecule has 3 N–H and O–H groups in total. The molecular weight excluding hydrogens is 537 g/mol. The highest BCUT2D eigenvalue weighted by Gasteiger charge is 2.41. The second-order valence-corrected chi connectivity index (χ2v) is 9.19. The summed E-state index contributed by atoms with van der Waals surface area (Å²) < 4.78 is 33.4. The molecule has 0 spiro atoms. The van der Waals surface area contributed by atoms with E-state index < -0.39 is 39.7 Å². The molecule has 2 atom stereocenters. The molecule has 3 aromatic rings. The maximum absolute atomic E-state index is 12.1. The minimum Gasteiger partial charge on any atom is -0.480 e. The van der Waals surface area contributed by atoms with Crippen molar-refractivity contribution in [3.05, 3.63) is 74.5 Å². The molecule has 0 saturated carbocycles. The van der Waals surface area contributed by atoms with Gasteiger partial charge in [-0.3, -0.25) is 25.0 Å². The van der Waals surface area contributed by atoms with Crippen molar-refractivity contribution in [3.8, 4) is 0 Å². The van der Waals surface area contributed by atoms with E-state index in [-0.39, 0.29) is 16.5 Å². The number of alkyl halides is 3. The van der Waals surface area contributed by atoms with E-state index in [1.54, 1.807) is 4.31 Å². The van der Waals surface area contributed by atoms with Gasteiger partial charge in [0.1, 0.15) is 10.9 Å². The van der Waals surface area contributed by atoms with Crippen molar-refractivity contribution in [2.45, 2.75) is 30.0 Å². The number of hydrogen-bond donors (Lipinski definition) is 3. The summed E-state index contributed by atoms with van der Waals surface area (Å²) >= 11 is 0.963. The highest BCUT2D eigenvalue weighted by molar-refractivity contribution is 7.97. The molecule has 1 aliphatic heterocycles. The van der Waals surface area contributed by atoms with Gasteiger partial charge < -0.3 is 15.2 Å². The first-order chi connectivity index (χ1) is 17.8. The zero-order valence-corrected chi connectivity index (χ0v) is 19.9. The van der Waals surface area contributed by atoms with Crippen molar-refractivity contribution in [3.63, 3.8) is 0 Å². The lowest BCUT2D eigenvalue weighted by Gasteiger charge is -2.23. The van der Waals surface area contributed by atoms with Gasteiger partial charge in [-0.25, -0.2) is 9.10 Å². The molecule has 2 heterocycles. The lowest BCUT2D eigenvalue weighted by atomic mass is 9.92. The van der Waals surface area contributed by atoms with E-state index in [1.165, 1.54) is 12.1 Å². The molecule has 1 fully saturated rings. The molecule has 38 heavy (non-hydrogen) atoms. The fraction of sp³-hybridized carbons (Fsp3) is 0.273. The predicted octanol–water partition coefficient (Wildman–Crippen LogP) is 4.64. The second-order valence-electron chi connectivity index (χ2n) is 8.10. The highest BCUT2D eigenvalue weighted by atomic mass is 32.2. The van der Waals surface area contributed by atoms with Crippen LogP contribution in [0.15, 0.2) is 53.6 Å². The largest absolute Gasteiger partial charge is 0.490 e. The Morgan fingerprint density at radius 1 is 1.11 bits per heavy atom. The first kappa shape index (κ1) is 28.4. The normalized spacial score (nSPS) is 17.6. The topological polar surface area (TPSA) is 180 Å². The van der Waals surface area contributed by atoms with Gasteiger partial charge in [-0.2, -0.15) is 13.2 Å². The van der Waals surface area contributed by atoms with Gasteiger partial charge in [0.15, 0.2) is 0 Å². The average molecular weight is 556 g/mol. The van der Waals surface area contributed by atoms with E-state index in [0.29, 0.717) is 19.4 Å². The first-order valence-electron chi connectivity index (χ1n) is 10.7. The highest BCUT2D eigenvalue weighted by Crippen LogP contribution is 2.41. The number of non-ortho nitro benzene ring substituents is 1. The van der Waals surface area contributed by atoms with Crippen LogP contribution in [-0.4, -0.2) is 60.1 Å². The quantitative estimate of drug-likeness (QED) is 0.211. The number of carboxylic acid groups (broad SMARTS) is 2. The first-order valence-corrected chi connectivity index (χ1v) is 11.5. The smallest absolute Gasteiger partial charge is 0.480 e. The van der Waals surface area contributed by atoms with E-state index in [0.717, 1.165) is 34.5 Å². The van der Waals surface area contributed by atoms with E-state index >= 15 is 0 Å². The number of H-pyrrole nitrogens is 1. The SMILES string of the molecule is O=C(O)C(F)(F)F.O=C(O)[C@@H]1[C@H](Cc2c[nH]c3ccccc23)CCN1Sc1ccc([N+](=O)[O-])cc1[N+](=O)[O-]. The van der Waals surface area contributed by atoms with Gasteiger partial charge in [-0.1, -0.05) is 18.2 Å². The summed E-state index contributed by atoms with van der Waals surface area (Å²) in [5.74, 6) is -3.94. The fourth-order valence-electron chi connectivity index (χ4n) is 4.01. The molecule has 0 unspecified atom stereocenters. The summed E-state index contributed by atoms with van der Waals surface area (Å²) in [7, 11) is 0. The number of aliphatic carboxylic acids is 2. The molecule has 202 valence electrons. The Hall–Kier alpha value is -4.18. The number of benzene rings is 2. The van der Waals surface area contributed by atoms with Crippen molar-refractivity contribution in [1.29, 1.82) is 0 Å². The third-order valence-corrected chi connectivity index (χ3v) is 6.88. The van der Waals surface area contributed by atoms with Crippen molar-refractivity contribution in [2.75, 3.05) is 6.54 Å². The van der Waals surface area contributed by atoms with Crippen LogP contribution in [0.25, 0.3) is 10.9 Å². The number of rotatable bonds is 7. The Labute approximate surface area is 215 Å². The number of nitrogens with zero attached hydrogens (tertiary/aromatic N) is 3. The number of para-hydroxylation sites is 1. The minimum atomic E-state index is -5.08. The van der Waals surface area contributed by atoms with Gasteiger partial charge in [-0.05, 0) is 48.4 Å². The van der Waals surface area contributed by atoms with E-state index in [4.69, 9.17) is 9.90 Å². The van der Waals surface area contributed by atoms with Crippen LogP contribution >= 0.6 is 11.9 Å². The number of aromatic amines is 1. The summed E-state index contributed by atoms with van der Waals surface area (Å²) in [5.41, 5.74) is 1.21. The fourth-order valence-corrected chi connectivity index (χ4v) is 5.20. The molecule has 0 bridgehead atoms. The number of nitrogens with one attached hydrogen (secondary N) is 1. The van der Waals surface area contributed by atoms with Gasteiger partial charge >= 0.3 is 18.1 Å². The molecule has 12 nitrogen and oxygen atoms in total. The second kappa shape index (κ2) is 11.5. The van der Waals surface area contributed by atoms with Gasteiger partial charge in [0.05, 0.1) is 15.9 Å². The van der Waals surface area contributed by atoms with Crippen molar-refractivity contribution < 1.29 is 42.8 Å². The van der Waals surface area contributed by atoms with Crippen LogP contribution in [0.2, 0.25) is 0 Å². The number of carbonyl (C=O) groups is 2. The van der Waals surface area contributed by atoms with Crippen LogP contribution < -0.4 is 0 Å². The van der Waals surface area contributed by atoms with E-state index in [2.05, 4.69) is 4.98 Å². The maximum Gasteiger partial charge on any atom is 0.490 e. The predicted molar refractivity (Wildman–Crippen MR) is 128 cm³/mol. The molecule has 16 heteroatoms. The number of nitro groups is 2. The summed E-state index contributed by atoms with van der Waals surface area (Å²) in [4.78, 5) is 45.3. The molecule has 2 aromatic carbocycles. The summed E-state index contributed by atoms with van der Waals surface area (Å²) in [6, 6.07) is 10.3. The number of fused-ring (bicyclic) bond motifs is 1. The maximum atomic E-state index is 12.1. The standard InChI is InChI=1S/C20H18N4O6S.C2HF3O2/c25-20(26)19-12(9-13-11-21-16-4-2-1-3-15(13)16)7-8-22(19)31-18-6-5-14(23(27)28)10-17(18)24(29)30;3-2(4,5)1(6)7/h1-6,10-12,19,21H,7-9H2,(H,25,26);(H,6,7)/t12-,19-;/m0./s1. The van der Waals surface area contributed by atoms with Crippen LogP contribution in [0, 0.1) is 26.1 Å². The van der Waals surface area contributed by atoms with Crippen molar-refractivity contribution in [1.82, 2.24) is 9.29 Å². The Morgan fingerprint density at radius 3 is 2.34 bits per heavy atom. The van der Waals surface area contributed by atoms with Gasteiger partial charge in [0.25, 0.3) is 11.4 Å². The van der Waals surface area contributed by atoms with Crippen molar-refractivity contribution in [2.24, 2.45) is 5.92 Å². The van der Waals surface area contributed by atoms with Crippen LogP contribution in [0.4, 0.5) is 24.5 Å². The average Bonchev–Trinajstić information content (AvgIpc) is 3.43. The van der Waals surface area contributed by atoms with Gasteiger partial charge in [0, 0.05) is 29.7 Å². The lowest BCUT2D eigenvalue weighted by molar-refractivity contribution is -0.396. The monoisotopic (exact) mass is 556 g/mol. The number of aromatic nitrogens is 1. The van der Waals surface area contributed by atoms with Crippen LogP contribution in [-0.2, 0) is 16.0 Å². The van der Waals surface area contributed by atoms with Crippen LogP contribution in [0.3, 0.4) is 0 Å². The molecule has 0 amide bonds. The number of nitro benzene ring substituents is 2. The van der Waals surface area contributed by atoms with E-state index in [9.17, 15) is 43.3 Å². The third-order valence-electron chi connectivity index (χ3n) is 5.70. The summed E-state index contributed by atoms with van der Waals surface area (Å²) in [6.45, 7) is 0.433. The zero-order chi connectivity index (χ0) is 28.2. The molecule has 1 saturated heterocycles. The number of halogens is 3. The number of hydrogen-bond acceptors (Lipinski definition) is 8. The zero-order valence-electron chi connectivity index (χ0n) is 19.1. The van der Waals surface area contributed by atoms with E-state index in [1.807, 2.05) is 30.5 Å². The molecule has 4 rings (SSSR count).